The molecule has 4 aliphatic rings. The van der Waals surface area contributed by atoms with E-state index in [9.17, 15) is 0 Å². The van der Waals surface area contributed by atoms with Crippen molar-refractivity contribution in [2.24, 2.45) is 17.3 Å². The van der Waals surface area contributed by atoms with Gasteiger partial charge in [0, 0.05) is 5.46 Å². The van der Waals surface area contributed by atoms with E-state index in [2.05, 4.69) is 20.8 Å². The number of methoxy groups -OCH3 is 3. The maximum Gasteiger partial charge on any atom is 0.498 e. The van der Waals surface area contributed by atoms with Gasteiger partial charge in [0.05, 0.1) is 33.0 Å². The van der Waals surface area contributed by atoms with Gasteiger partial charge in [0.1, 0.15) is 0 Å². The zero-order valence-electron chi connectivity index (χ0n) is 15.9. The number of benzene rings is 1. The lowest BCUT2D eigenvalue weighted by atomic mass is 9.43. The van der Waals surface area contributed by atoms with Crippen molar-refractivity contribution in [1.82, 2.24) is 0 Å². The molecule has 1 heterocycles. The van der Waals surface area contributed by atoms with Crippen LogP contribution in [-0.4, -0.2) is 40.2 Å². The first-order valence-corrected chi connectivity index (χ1v) is 8.99. The zero-order valence-corrected chi connectivity index (χ0v) is 15.9. The first-order chi connectivity index (χ1) is 11.9. The van der Waals surface area contributed by atoms with E-state index in [-0.39, 0.29) is 11.7 Å². The summed E-state index contributed by atoms with van der Waals surface area (Å²) < 4.78 is 29.4. The van der Waals surface area contributed by atoms with Crippen LogP contribution in [0.25, 0.3) is 0 Å². The van der Waals surface area contributed by atoms with Gasteiger partial charge in [-0.2, -0.15) is 0 Å². The van der Waals surface area contributed by atoms with Crippen LogP contribution >= 0.6 is 0 Å². The Morgan fingerprint density at radius 3 is 2.32 bits per heavy atom. The lowest BCUT2D eigenvalue weighted by Gasteiger charge is -2.64. The van der Waals surface area contributed by atoms with Crippen LogP contribution in [0.15, 0.2) is 12.1 Å². The summed E-state index contributed by atoms with van der Waals surface area (Å²) >= 11 is 0. The number of hydrogen-bond acceptors (Lipinski definition) is 5. The van der Waals surface area contributed by atoms with Crippen molar-refractivity contribution in [1.29, 1.82) is 0 Å². The molecule has 0 amide bonds. The van der Waals surface area contributed by atoms with Crippen molar-refractivity contribution in [3.63, 3.8) is 0 Å². The van der Waals surface area contributed by atoms with Crippen molar-refractivity contribution in [3.05, 3.63) is 12.1 Å². The fourth-order valence-electron chi connectivity index (χ4n) is 5.31. The molecule has 1 saturated heterocycles. The minimum atomic E-state index is -0.445. The zero-order chi connectivity index (χ0) is 18.0. The predicted molar refractivity (Wildman–Crippen MR) is 95.8 cm³/mol. The van der Waals surface area contributed by atoms with Crippen LogP contribution in [0.4, 0.5) is 0 Å². The molecule has 5 rings (SSSR count). The average Bonchev–Trinajstić information content (AvgIpc) is 2.96. The van der Waals surface area contributed by atoms with Gasteiger partial charge in [0.2, 0.25) is 5.75 Å². The highest BCUT2D eigenvalue weighted by Gasteiger charge is 2.68. The quantitative estimate of drug-likeness (QED) is 0.785. The molecule has 3 aliphatic carbocycles. The Kier molecular flexibility index (Phi) is 3.78. The van der Waals surface area contributed by atoms with Gasteiger partial charge < -0.3 is 23.5 Å². The lowest BCUT2D eigenvalue weighted by molar-refractivity contribution is -0.199. The van der Waals surface area contributed by atoms with Crippen LogP contribution in [-0.2, 0) is 9.31 Å². The van der Waals surface area contributed by atoms with Crippen molar-refractivity contribution >= 4 is 12.6 Å². The van der Waals surface area contributed by atoms with E-state index >= 15 is 0 Å². The highest BCUT2D eigenvalue weighted by Crippen LogP contribution is 2.65. The molecule has 6 heteroatoms. The molecule has 2 bridgehead atoms. The van der Waals surface area contributed by atoms with E-state index < -0.39 is 7.12 Å². The van der Waals surface area contributed by atoms with Gasteiger partial charge in [-0.15, -0.1) is 0 Å². The number of ether oxygens (including phenoxy) is 3. The van der Waals surface area contributed by atoms with E-state index in [1.165, 1.54) is 6.42 Å². The van der Waals surface area contributed by atoms with Crippen molar-refractivity contribution in [3.8, 4) is 17.2 Å². The van der Waals surface area contributed by atoms with Crippen LogP contribution in [0.5, 0.6) is 17.2 Å². The Hall–Kier alpha value is -1.40. The van der Waals surface area contributed by atoms with Crippen LogP contribution < -0.4 is 19.7 Å². The molecule has 3 saturated carbocycles. The van der Waals surface area contributed by atoms with Gasteiger partial charge in [-0.3, -0.25) is 0 Å². The molecular formula is C19H27BO5. The molecule has 25 heavy (non-hydrogen) atoms. The topological polar surface area (TPSA) is 46.2 Å². The second-order valence-corrected chi connectivity index (χ2v) is 8.22. The fraction of sp³-hybridized carbons (Fsp3) is 0.684. The minimum Gasteiger partial charge on any atom is -0.493 e. The van der Waals surface area contributed by atoms with E-state index in [1.807, 2.05) is 12.1 Å². The largest absolute Gasteiger partial charge is 0.498 e. The predicted octanol–water partition coefficient (Wildman–Crippen LogP) is 2.65. The molecule has 0 N–H and O–H groups in total. The Morgan fingerprint density at radius 2 is 1.72 bits per heavy atom. The SMILES string of the molecule is COc1ccc(B2O[C@@H]3C[C@@H]4C[C@@H](C4(C)C)[C@]3(C)O2)c(OC)c1OC. The fourth-order valence-corrected chi connectivity index (χ4v) is 5.31. The van der Waals surface area contributed by atoms with E-state index in [4.69, 9.17) is 23.5 Å². The third kappa shape index (κ3) is 2.16. The Morgan fingerprint density at radius 1 is 1.00 bits per heavy atom. The van der Waals surface area contributed by atoms with Gasteiger partial charge in [-0.05, 0) is 43.1 Å². The molecule has 0 radical (unpaired) electrons. The Bertz CT molecular complexity index is 691. The summed E-state index contributed by atoms with van der Waals surface area (Å²) in [6, 6.07) is 3.82. The minimum absolute atomic E-state index is 0.132. The summed E-state index contributed by atoms with van der Waals surface area (Å²) in [4.78, 5) is 0. The number of hydrogen-bond donors (Lipinski definition) is 0. The van der Waals surface area contributed by atoms with Gasteiger partial charge in [0.25, 0.3) is 0 Å². The molecule has 4 fully saturated rings. The highest BCUT2D eigenvalue weighted by atomic mass is 16.7. The van der Waals surface area contributed by atoms with Crippen LogP contribution in [0.1, 0.15) is 33.6 Å². The Labute approximate surface area is 150 Å². The van der Waals surface area contributed by atoms with Crippen molar-refractivity contribution in [2.75, 3.05) is 21.3 Å². The monoisotopic (exact) mass is 346 g/mol. The molecule has 1 aromatic carbocycles. The summed E-state index contributed by atoms with van der Waals surface area (Å²) in [7, 11) is 4.41. The summed E-state index contributed by atoms with van der Waals surface area (Å²) in [5.41, 5.74) is 0.928. The van der Waals surface area contributed by atoms with Crippen molar-refractivity contribution < 1.29 is 23.5 Å². The van der Waals surface area contributed by atoms with Gasteiger partial charge in [-0.1, -0.05) is 19.9 Å². The molecule has 0 unspecified atom stereocenters. The maximum absolute atomic E-state index is 6.54. The first-order valence-electron chi connectivity index (χ1n) is 8.99. The van der Waals surface area contributed by atoms with Crippen LogP contribution in [0, 0.1) is 17.3 Å². The second-order valence-electron chi connectivity index (χ2n) is 8.22. The summed E-state index contributed by atoms with van der Waals surface area (Å²) in [6.45, 7) is 6.94. The third-order valence-electron chi connectivity index (χ3n) is 6.94. The van der Waals surface area contributed by atoms with E-state index in [0.717, 1.165) is 17.8 Å². The smallest absolute Gasteiger partial charge is 0.493 e. The Balaban J connectivity index is 1.69. The van der Waals surface area contributed by atoms with Gasteiger partial charge in [0.15, 0.2) is 11.5 Å². The van der Waals surface area contributed by atoms with E-state index in [1.54, 1.807) is 21.3 Å². The number of rotatable bonds is 4. The van der Waals surface area contributed by atoms with Crippen LogP contribution in [0.3, 0.4) is 0 Å². The first kappa shape index (κ1) is 17.0. The molecule has 1 aliphatic heterocycles. The van der Waals surface area contributed by atoms with Crippen molar-refractivity contribution in [2.45, 2.75) is 45.3 Å². The lowest BCUT2D eigenvalue weighted by Crippen LogP contribution is -2.65. The molecule has 1 aromatic rings. The highest BCUT2D eigenvalue weighted by molar-refractivity contribution is 6.63. The molecular weight excluding hydrogens is 319 g/mol. The second kappa shape index (κ2) is 5.55. The molecule has 0 spiro atoms. The van der Waals surface area contributed by atoms with E-state index in [0.29, 0.717) is 28.6 Å². The summed E-state index contributed by atoms with van der Waals surface area (Å²) in [5, 5.41) is 0. The molecule has 0 aromatic heterocycles. The normalized spacial score (nSPS) is 35.0. The summed E-state index contributed by atoms with van der Waals surface area (Å²) in [5.74, 6) is 3.07. The van der Waals surface area contributed by atoms with Crippen LogP contribution in [0.2, 0.25) is 0 Å². The maximum atomic E-state index is 6.54. The standard InChI is InChI=1S/C19H27BO5/c1-18(2)11-9-14(18)19(3)15(10-11)24-20(25-19)12-7-8-13(21-4)17(23-6)16(12)22-5/h7-8,11,14-15H,9-10H2,1-6H3/t11-,14-,15+,19-/m0/s1. The molecule has 136 valence electrons. The molecule has 5 nitrogen and oxygen atoms in total. The summed E-state index contributed by atoms with van der Waals surface area (Å²) in [6.07, 6.45) is 2.43. The van der Waals surface area contributed by atoms with Gasteiger partial charge in [-0.25, -0.2) is 0 Å². The molecule has 4 atom stereocenters. The third-order valence-corrected chi connectivity index (χ3v) is 6.94. The van der Waals surface area contributed by atoms with Gasteiger partial charge >= 0.3 is 7.12 Å². The average molecular weight is 346 g/mol.